The van der Waals surface area contributed by atoms with Crippen LogP contribution >= 0.6 is 0 Å². The Kier molecular flexibility index (Phi) is 3.80. The van der Waals surface area contributed by atoms with Crippen LogP contribution in [0.25, 0.3) is 0 Å². The summed E-state index contributed by atoms with van der Waals surface area (Å²) in [4.78, 5) is 23.4. The lowest BCUT2D eigenvalue weighted by Crippen LogP contribution is -2.10. The van der Waals surface area contributed by atoms with Crippen molar-refractivity contribution in [3.8, 4) is 5.75 Å². The van der Waals surface area contributed by atoms with Gasteiger partial charge < -0.3 is 4.74 Å². The highest BCUT2D eigenvalue weighted by atomic mass is 16.5. The third kappa shape index (κ3) is 3.42. The van der Waals surface area contributed by atoms with Crippen molar-refractivity contribution in [2.75, 3.05) is 0 Å². The molecule has 0 spiro atoms. The van der Waals surface area contributed by atoms with Crippen LogP contribution in [0.3, 0.4) is 0 Å². The predicted octanol–water partition coefficient (Wildman–Crippen LogP) is 3.03. The lowest BCUT2D eigenvalue weighted by molar-refractivity contribution is -0.119. The van der Waals surface area contributed by atoms with E-state index in [1.807, 2.05) is 13.8 Å². The molecule has 2 rings (SSSR count). The van der Waals surface area contributed by atoms with E-state index in [0.717, 1.165) is 18.6 Å². The maximum Gasteiger partial charge on any atom is 0.170 e. The first-order valence-electron chi connectivity index (χ1n) is 6.39. The normalized spacial score (nSPS) is 14.6. The van der Waals surface area contributed by atoms with Gasteiger partial charge in [0, 0.05) is 11.5 Å². The standard InChI is InChI=1S/C15H18O3/c1-10(2)18-13-7-5-12(6-8-13)15(17)9-14(16)11-3-4-11/h5-8,10-11H,3-4,9H2,1-2H3. The summed E-state index contributed by atoms with van der Waals surface area (Å²) in [5, 5.41) is 0. The molecule has 1 aromatic rings. The second-order valence-electron chi connectivity index (χ2n) is 5.03. The zero-order valence-corrected chi connectivity index (χ0v) is 10.8. The first-order chi connectivity index (χ1) is 8.56. The van der Waals surface area contributed by atoms with Crippen LogP contribution in [0.5, 0.6) is 5.75 Å². The Hall–Kier alpha value is -1.64. The predicted molar refractivity (Wildman–Crippen MR) is 68.9 cm³/mol. The van der Waals surface area contributed by atoms with Gasteiger partial charge in [0.2, 0.25) is 0 Å². The lowest BCUT2D eigenvalue weighted by Gasteiger charge is -2.09. The largest absolute Gasteiger partial charge is 0.491 e. The maximum absolute atomic E-state index is 11.9. The second-order valence-corrected chi connectivity index (χ2v) is 5.03. The highest BCUT2D eigenvalue weighted by Gasteiger charge is 2.30. The molecule has 0 radical (unpaired) electrons. The van der Waals surface area contributed by atoms with E-state index in [0.29, 0.717) is 5.56 Å². The highest BCUT2D eigenvalue weighted by Crippen LogP contribution is 2.31. The van der Waals surface area contributed by atoms with Gasteiger partial charge in [-0.1, -0.05) is 0 Å². The van der Waals surface area contributed by atoms with Gasteiger partial charge in [-0.3, -0.25) is 9.59 Å². The van der Waals surface area contributed by atoms with E-state index in [-0.39, 0.29) is 30.0 Å². The molecule has 0 aromatic heterocycles. The number of ether oxygens (including phenoxy) is 1. The molecule has 1 fully saturated rings. The third-order valence-electron chi connectivity index (χ3n) is 2.92. The summed E-state index contributed by atoms with van der Waals surface area (Å²) in [6.45, 7) is 3.90. The fourth-order valence-electron chi connectivity index (χ4n) is 1.80. The van der Waals surface area contributed by atoms with Crippen LogP contribution in [-0.4, -0.2) is 17.7 Å². The number of hydrogen-bond donors (Lipinski definition) is 0. The van der Waals surface area contributed by atoms with Gasteiger partial charge in [0.15, 0.2) is 5.78 Å². The fourth-order valence-corrected chi connectivity index (χ4v) is 1.80. The molecule has 3 heteroatoms. The van der Waals surface area contributed by atoms with Gasteiger partial charge in [0.05, 0.1) is 12.5 Å². The first-order valence-corrected chi connectivity index (χ1v) is 6.39. The number of rotatable bonds is 6. The molecule has 0 heterocycles. The molecule has 18 heavy (non-hydrogen) atoms. The summed E-state index contributed by atoms with van der Waals surface area (Å²) < 4.78 is 5.50. The van der Waals surface area contributed by atoms with Crippen molar-refractivity contribution < 1.29 is 14.3 Å². The Balaban J connectivity index is 1.95. The van der Waals surface area contributed by atoms with Gasteiger partial charge >= 0.3 is 0 Å². The van der Waals surface area contributed by atoms with Crippen molar-refractivity contribution in [1.29, 1.82) is 0 Å². The fraction of sp³-hybridized carbons (Fsp3) is 0.467. The minimum Gasteiger partial charge on any atom is -0.491 e. The van der Waals surface area contributed by atoms with Crippen molar-refractivity contribution in [2.45, 2.75) is 39.2 Å². The number of Topliss-reactive ketones (excluding diaryl/α,β-unsaturated/α-hetero) is 2. The minimum atomic E-state index is -0.0944. The van der Waals surface area contributed by atoms with Crippen molar-refractivity contribution in [3.63, 3.8) is 0 Å². The molecule has 0 unspecified atom stereocenters. The molecule has 3 nitrogen and oxygen atoms in total. The van der Waals surface area contributed by atoms with Gasteiger partial charge in [-0.2, -0.15) is 0 Å². The van der Waals surface area contributed by atoms with Crippen molar-refractivity contribution >= 4 is 11.6 Å². The van der Waals surface area contributed by atoms with E-state index >= 15 is 0 Å². The number of benzene rings is 1. The summed E-state index contributed by atoms with van der Waals surface area (Å²) in [5.74, 6) is 0.887. The summed E-state index contributed by atoms with van der Waals surface area (Å²) in [5.41, 5.74) is 0.583. The molecule has 96 valence electrons. The van der Waals surface area contributed by atoms with E-state index in [2.05, 4.69) is 0 Å². The third-order valence-corrected chi connectivity index (χ3v) is 2.92. The monoisotopic (exact) mass is 246 g/mol. The zero-order chi connectivity index (χ0) is 13.1. The Morgan fingerprint density at radius 3 is 2.33 bits per heavy atom. The number of carbonyl (C=O) groups is 2. The van der Waals surface area contributed by atoms with Crippen molar-refractivity contribution in [3.05, 3.63) is 29.8 Å². The molecule has 0 N–H and O–H groups in total. The van der Waals surface area contributed by atoms with E-state index in [9.17, 15) is 9.59 Å². The van der Waals surface area contributed by atoms with Gasteiger partial charge in [0.25, 0.3) is 0 Å². The molecular weight excluding hydrogens is 228 g/mol. The van der Waals surface area contributed by atoms with Gasteiger partial charge in [0.1, 0.15) is 11.5 Å². The highest BCUT2D eigenvalue weighted by molar-refractivity contribution is 6.09. The Morgan fingerprint density at radius 1 is 1.22 bits per heavy atom. The van der Waals surface area contributed by atoms with Crippen LogP contribution in [0.4, 0.5) is 0 Å². The van der Waals surface area contributed by atoms with Crippen LogP contribution in [0.15, 0.2) is 24.3 Å². The second kappa shape index (κ2) is 5.34. The van der Waals surface area contributed by atoms with Crippen molar-refractivity contribution in [2.24, 2.45) is 5.92 Å². The molecule has 0 amide bonds. The maximum atomic E-state index is 11.9. The Morgan fingerprint density at radius 2 is 1.83 bits per heavy atom. The average molecular weight is 246 g/mol. The summed E-state index contributed by atoms with van der Waals surface area (Å²) in [6.07, 6.45) is 2.05. The van der Waals surface area contributed by atoms with E-state index in [4.69, 9.17) is 4.74 Å². The molecule has 0 aliphatic heterocycles. The van der Waals surface area contributed by atoms with Gasteiger partial charge in [-0.25, -0.2) is 0 Å². The van der Waals surface area contributed by atoms with Crippen LogP contribution in [0.1, 0.15) is 43.5 Å². The average Bonchev–Trinajstić information content (AvgIpc) is 3.12. The number of hydrogen-bond acceptors (Lipinski definition) is 3. The van der Waals surface area contributed by atoms with Crippen LogP contribution in [-0.2, 0) is 4.79 Å². The van der Waals surface area contributed by atoms with Crippen molar-refractivity contribution in [1.82, 2.24) is 0 Å². The topological polar surface area (TPSA) is 43.4 Å². The molecule has 0 atom stereocenters. The van der Waals surface area contributed by atoms with E-state index in [1.54, 1.807) is 24.3 Å². The number of carbonyl (C=O) groups excluding carboxylic acids is 2. The smallest absolute Gasteiger partial charge is 0.170 e. The van der Waals surface area contributed by atoms with Crippen LogP contribution in [0.2, 0.25) is 0 Å². The Labute approximate surface area is 107 Å². The summed E-state index contributed by atoms with van der Waals surface area (Å²) >= 11 is 0. The lowest BCUT2D eigenvalue weighted by atomic mass is 10.0. The van der Waals surface area contributed by atoms with E-state index < -0.39 is 0 Å². The quantitative estimate of drug-likeness (QED) is 0.572. The molecule has 1 aliphatic carbocycles. The molecular formula is C15H18O3. The SMILES string of the molecule is CC(C)Oc1ccc(C(=O)CC(=O)C2CC2)cc1. The minimum absolute atomic E-state index is 0.0368. The van der Waals surface area contributed by atoms with Gasteiger partial charge in [-0.15, -0.1) is 0 Å². The van der Waals surface area contributed by atoms with Gasteiger partial charge in [-0.05, 0) is 51.0 Å². The molecule has 0 bridgehead atoms. The van der Waals surface area contributed by atoms with Crippen LogP contribution < -0.4 is 4.74 Å². The molecule has 1 saturated carbocycles. The zero-order valence-electron chi connectivity index (χ0n) is 10.8. The summed E-state index contributed by atoms with van der Waals surface area (Å²) in [7, 11) is 0. The number of ketones is 2. The van der Waals surface area contributed by atoms with Crippen LogP contribution in [0, 0.1) is 5.92 Å². The molecule has 1 aromatic carbocycles. The molecule has 1 aliphatic rings. The first kappa shape index (κ1) is 12.8. The Bertz CT molecular complexity index is 441. The molecule has 0 saturated heterocycles. The van der Waals surface area contributed by atoms with E-state index in [1.165, 1.54) is 0 Å². The summed E-state index contributed by atoms with van der Waals surface area (Å²) in [6, 6.07) is 6.99.